The summed E-state index contributed by atoms with van der Waals surface area (Å²) in [7, 11) is 1.37. The number of nitrogens with zero attached hydrogens (tertiary/aromatic N) is 1. The Hall–Kier alpha value is -2.61. The van der Waals surface area contributed by atoms with E-state index in [-0.39, 0.29) is 23.5 Å². The summed E-state index contributed by atoms with van der Waals surface area (Å²) < 4.78 is 16.8. The van der Waals surface area contributed by atoms with Gasteiger partial charge in [0, 0.05) is 24.8 Å². The Bertz CT molecular complexity index is 1100. The number of hydrogen-bond donors (Lipinski definition) is 1. The van der Waals surface area contributed by atoms with Gasteiger partial charge in [-0.3, -0.25) is 9.69 Å². The van der Waals surface area contributed by atoms with Gasteiger partial charge in [0.05, 0.1) is 18.2 Å². The van der Waals surface area contributed by atoms with Gasteiger partial charge in [0.15, 0.2) is 0 Å². The lowest BCUT2D eigenvalue weighted by molar-refractivity contribution is -0.145. The number of esters is 1. The largest absolute Gasteiger partial charge is 0.489 e. The number of hydrogen-bond acceptors (Lipinski definition) is 6. The lowest BCUT2D eigenvalue weighted by atomic mass is 9.84. The van der Waals surface area contributed by atoms with Crippen LogP contribution < -0.4 is 10.1 Å². The Morgan fingerprint density at radius 1 is 1.08 bits per heavy atom. The van der Waals surface area contributed by atoms with Gasteiger partial charge in [-0.2, -0.15) is 0 Å². The highest BCUT2D eigenvalue weighted by Crippen LogP contribution is 2.46. The summed E-state index contributed by atoms with van der Waals surface area (Å²) in [4.78, 5) is 28.2. The third kappa shape index (κ3) is 5.10. The van der Waals surface area contributed by atoms with Gasteiger partial charge in [-0.05, 0) is 81.0 Å². The van der Waals surface area contributed by atoms with E-state index in [9.17, 15) is 9.59 Å². The van der Waals surface area contributed by atoms with E-state index in [1.165, 1.54) is 7.11 Å². The van der Waals surface area contributed by atoms with Crippen molar-refractivity contribution in [3.05, 3.63) is 64.7 Å². The number of rotatable bonds is 7. The topological polar surface area (TPSA) is 77.1 Å². The normalized spacial score (nSPS) is 22.9. The fourth-order valence-corrected chi connectivity index (χ4v) is 5.72. The molecule has 0 aromatic heterocycles. The molecule has 0 radical (unpaired) electrons. The van der Waals surface area contributed by atoms with Crippen molar-refractivity contribution in [3.63, 3.8) is 0 Å². The Morgan fingerprint density at radius 2 is 1.83 bits per heavy atom. The molecule has 7 nitrogen and oxygen atoms in total. The monoisotopic (exact) mass is 512 g/mol. The van der Waals surface area contributed by atoms with Crippen molar-refractivity contribution < 1.29 is 23.8 Å². The average Bonchev–Trinajstić information content (AvgIpc) is 3.69. The molecule has 0 bridgehead atoms. The summed E-state index contributed by atoms with van der Waals surface area (Å²) in [5, 5.41) is 4.06. The molecular weight excluding hydrogens is 480 g/mol. The van der Waals surface area contributed by atoms with Gasteiger partial charge in [-0.25, -0.2) is 4.79 Å². The van der Waals surface area contributed by atoms with Crippen molar-refractivity contribution in [1.82, 2.24) is 10.2 Å². The molecule has 5 rings (SSSR count). The van der Waals surface area contributed by atoms with Gasteiger partial charge in [-0.15, -0.1) is 0 Å². The minimum Gasteiger partial charge on any atom is -0.489 e. The zero-order valence-electron chi connectivity index (χ0n) is 20.6. The second-order valence-corrected chi connectivity index (χ2v) is 10.5. The van der Waals surface area contributed by atoms with Gasteiger partial charge in [0.25, 0.3) is 0 Å². The molecule has 1 aliphatic carbocycles. The van der Waals surface area contributed by atoms with E-state index in [0.717, 1.165) is 43.5 Å². The zero-order valence-corrected chi connectivity index (χ0v) is 21.4. The average molecular weight is 513 g/mol. The number of halogens is 1. The number of carbonyl (C=O) groups excluding carboxylic acids is 2. The third-order valence-electron chi connectivity index (χ3n) is 7.79. The Labute approximate surface area is 217 Å². The minimum atomic E-state index is -0.629. The van der Waals surface area contributed by atoms with Gasteiger partial charge < -0.3 is 19.5 Å². The van der Waals surface area contributed by atoms with Crippen LogP contribution in [0, 0.1) is 0 Å². The highest BCUT2D eigenvalue weighted by Gasteiger charge is 2.52. The van der Waals surface area contributed by atoms with Crippen molar-refractivity contribution in [2.45, 2.75) is 55.7 Å². The first-order valence-electron chi connectivity index (χ1n) is 12.7. The zero-order chi connectivity index (χ0) is 25.2. The van der Waals surface area contributed by atoms with E-state index < -0.39 is 5.54 Å². The lowest BCUT2D eigenvalue weighted by Crippen LogP contribution is -2.65. The molecule has 3 fully saturated rings. The first-order valence-corrected chi connectivity index (χ1v) is 13.1. The molecule has 0 unspecified atom stereocenters. The number of methoxy groups -OCH3 is 1. The minimum absolute atomic E-state index is 0.00881. The van der Waals surface area contributed by atoms with Gasteiger partial charge >= 0.3 is 5.97 Å². The number of carbonyl (C=O) groups is 2. The molecule has 2 aliphatic heterocycles. The van der Waals surface area contributed by atoms with E-state index in [1.807, 2.05) is 36.4 Å². The Morgan fingerprint density at radius 3 is 2.50 bits per heavy atom. The van der Waals surface area contributed by atoms with Crippen LogP contribution in [-0.2, 0) is 19.8 Å². The summed E-state index contributed by atoms with van der Waals surface area (Å²) in [5.41, 5.74) is 0.509. The quantitative estimate of drug-likeness (QED) is 0.557. The van der Waals surface area contributed by atoms with Crippen molar-refractivity contribution in [2.75, 3.05) is 33.4 Å². The molecule has 1 N–H and O–H groups in total. The third-order valence-corrected chi connectivity index (χ3v) is 8.02. The molecule has 1 atom stereocenters. The van der Waals surface area contributed by atoms with Crippen LogP contribution in [0.1, 0.15) is 54.4 Å². The fraction of sp³-hybridized carbons (Fsp3) is 0.500. The van der Waals surface area contributed by atoms with E-state index in [2.05, 4.69) is 10.2 Å². The molecule has 2 heterocycles. The highest BCUT2D eigenvalue weighted by molar-refractivity contribution is 6.30. The number of ether oxygens (including phenoxy) is 3. The maximum absolute atomic E-state index is 14.0. The Kier molecular flexibility index (Phi) is 7.24. The SMILES string of the molecule is COC(=O)c1ccc(C2(NC(=O)C3(N4CCC[C@@H](Oc5cccc(Cl)c5)C4)CCOCC3)CC2)cc1. The van der Waals surface area contributed by atoms with Crippen LogP contribution in [-0.4, -0.2) is 61.8 Å². The summed E-state index contributed by atoms with van der Waals surface area (Å²) in [6, 6.07) is 14.8. The highest BCUT2D eigenvalue weighted by atomic mass is 35.5. The van der Waals surface area contributed by atoms with Crippen molar-refractivity contribution in [3.8, 4) is 5.75 Å². The van der Waals surface area contributed by atoms with Crippen molar-refractivity contribution in [1.29, 1.82) is 0 Å². The molecule has 1 saturated carbocycles. The van der Waals surface area contributed by atoms with E-state index in [0.29, 0.717) is 43.2 Å². The summed E-state index contributed by atoms with van der Waals surface area (Å²) in [5.74, 6) is 0.451. The second-order valence-electron chi connectivity index (χ2n) is 10.0. The van der Waals surface area contributed by atoms with Crippen LogP contribution in [0.2, 0.25) is 5.02 Å². The van der Waals surface area contributed by atoms with Crippen LogP contribution in [0.15, 0.2) is 48.5 Å². The fourth-order valence-electron chi connectivity index (χ4n) is 5.54. The first-order chi connectivity index (χ1) is 17.4. The molecule has 2 saturated heterocycles. The van der Waals surface area contributed by atoms with Crippen LogP contribution >= 0.6 is 11.6 Å². The summed E-state index contributed by atoms with van der Waals surface area (Å²) >= 11 is 6.15. The predicted molar refractivity (Wildman–Crippen MR) is 136 cm³/mol. The summed E-state index contributed by atoms with van der Waals surface area (Å²) in [6.45, 7) is 2.65. The van der Waals surface area contributed by atoms with Gasteiger partial charge in [-0.1, -0.05) is 29.8 Å². The van der Waals surface area contributed by atoms with Crippen LogP contribution in [0.3, 0.4) is 0 Å². The predicted octanol–water partition coefficient (Wildman–Crippen LogP) is 4.32. The molecule has 8 heteroatoms. The van der Waals surface area contributed by atoms with E-state index >= 15 is 0 Å². The molecule has 3 aliphatic rings. The molecule has 36 heavy (non-hydrogen) atoms. The maximum Gasteiger partial charge on any atom is 0.337 e. The van der Waals surface area contributed by atoms with E-state index in [1.54, 1.807) is 12.1 Å². The molecule has 2 aromatic rings. The van der Waals surface area contributed by atoms with Gasteiger partial charge in [0.1, 0.15) is 17.4 Å². The number of likely N-dealkylation sites (tertiary alicyclic amines) is 1. The van der Waals surface area contributed by atoms with Gasteiger partial charge in [0.2, 0.25) is 5.91 Å². The second kappa shape index (κ2) is 10.4. The smallest absolute Gasteiger partial charge is 0.337 e. The van der Waals surface area contributed by atoms with Crippen LogP contribution in [0.25, 0.3) is 0 Å². The van der Waals surface area contributed by atoms with Crippen LogP contribution in [0.4, 0.5) is 0 Å². The van der Waals surface area contributed by atoms with Crippen molar-refractivity contribution >= 4 is 23.5 Å². The number of amides is 1. The lowest BCUT2D eigenvalue weighted by Gasteiger charge is -2.48. The molecule has 192 valence electrons. The number of piperidine rings is 1. The van der Waals surface area contributed by atoms with E-state index in [4.69, 9.17) is 25.8 Å². The first kappa shape index (κ1) is 25.1. The van der Waals surface area contributed by atoms with Crippen molar-refractivity contribution in [2.24, 2.45) is 0 Å². The molecule has 1 amide bonds. The maximum atomic E-state index is 14.0. The molecule has 2 aromatic carbocycles. The standard InChI is InChI=1S/C28H33ClN2O5/c1-34-25(32)20-7-9-21(10-8-20)27(11-12-27)30-26(33)28(13-16-35-17-14-28)31-15-3-6-24(19-31)36-23-5-2-4-22(29)18-23/h2,4-5,7-10,18,24H,3,6,11-17,19H2,1H3,(H,30,33)/t24-/m1/s1. The van der Waals surface area contributed by atoms with Crippen LogP contribution in [0.5, 0.6) is 5.75 Å². The molecular formula is C28H33ClN2O5. The molecule has 0 spiro atoms. The summed E-state index contributed by atoms with van der Waals surface area (Å²) in [6.07, 6.45) is 4.95. The Balaban J connectivity index is 1.32. The number of benzene rings is 2. The number of nitrogens with one attached hydrogen (secondary N) is 1.